The number of nitrogens with zero attached hydrogens (tertiary/aromatic N) is 1. The second-order valence-corrected chi connectivity index (χ2v) is 10.4. The molecule has 9 nitrogen and oxygen atoms in total. The van der Waals surface area contributed by atoms with Crippen molar-refractivity contribution in [1.29, 1.82) is 0 Å². The molecule has 38 heavy (non-hydrogen) atoms. The maximum atomic E-state index is 13.8. The number of oxazole rings is 1. The Morgan fingerprint density at radius 1 is 0.921 bits per heavy atom. The fourth-order valence-electron chi connectivity index (χ4n) is 3.87. The first-order valence-corrected chi connectivity index (χ1v) is 13.7. The van der Waals surface area contributed by atoms with E-state index in [0.717, 1.165) is 17.7 Å². The van der Waals surface area contributed by atoms with Gasteiger partial charge < -0.3 is 28.7 Å². The van der Waals surface area contributed by atoms with Gasteiger partial charge in [-0.25, -0.2) is 8.42 Å². The number of benzene rings is 3. The molecule has 4 aromatic rings. The Balaban J connectivity index is 1.49. The lowest BCUT2D eigenvalue weighted by atomic mass is 10.2. The highest BCUT2D eigenvalue weighted by Gasteiger charge is 2.30. The maximum Gasteiger partial charge on any atom is 0.234 e. The van der Waals surface area contributed by atoms with Crippen molar-refractivity contribution >= 4 is 15.7 Å². The SMILES string of the molecule is CCCOc1ccc(-c2nc(S(=O)(=O)c3ccc4c(c3)OCCO4)c(NCc3ccc(OC)cc3)o2)cc1. The van der Waals surface area contributed by atoms with Gasteiger partial charge in [-0.05, 0) is 60.5 Å². The summed E-state index contributed by atoms with van der Waals surface area (Å²) in [7, 11) is -2.48. The van der Waals surface area contributed by atoms with E-state index >= 15 is 0 Å². The predicted molar refractivity (Wildman–Crippen MR) is 141 cm³/mol. The Morgan fingerprint density at radius 2 is 1.63 bits per heavy atom. The third-order valence-corrected chi connectivity index (χ3v) is 7.52. The van der Waals surface area contributed by atoms with Gasteiger partial charge in [0, 0.05) is 18.2 Å². The van der Waals surface area contributed by atoms with E-state index in [2.05, 4.69) is 10.3 Å². The van der Waals surface area contributed by atoms with Crippen LogP contribution in [0.25, 0.3) is 11.5 Å². The van der Waals surface area contributed by atoms with Crippen molar-refractivity contribution in [2.75, 3.05) is 32.2 Å². The van der Waals surface area contributed by atoms with Crippen molar-refractivity contribution in [3.63, 3.8) is 0 Å². The summed E-state index contributed by atoms with van der Waals surface area (Å²) in [6, 6.07) is 19.1. The van der Waals surface area contributed by atoms with Crippen molar-refractivity contribution in [2.45, 2.75) is 29.8 Å². The number of anilines is 1. The number of hydrogen-bond acceptors (Lipinski definition) is 9. The minimum atomic E-state index is -4.07. The zero-order chi connectivity index (χ0) is 26.5. The lowest BCUT2D eigenvalue weighted by Gasteiger charge is -2.18. The molecule has 0 saturated heterocycles. The summed E-state index contributed by atoms with van der Waals surface area (Å²) < 4.78 is 55.5. The first-order chi connectivity index (χ1) is 18.5. The number of nitrogens with one attached hydrogen (secondary N) is 1. The first kappa shape index (κ1) is 25.5. The van der Waals surface area contributed by atoms with Gasteiger partial charge in [0.1, 0.15) is 24.7 Å². The van der Waals surface area contributed by atoms with E-state index in [9.17, 15) is 8.42 Å². The first-order valence-electron chi connectivity index (χ1n) is 12.2. The van der Waals surface area contributed by atoms with Gasteiger partial charge in [0.05, 0.1) is 18.6 Å². The largest absolute Gasteiger partial charge is 0.497 e. The molecule has 0 aliphatic carbocycles. The molecule has 1 aliphatic rings. The molecule has 0 radical (unpaired) electrons. The molecule has 1 aliphatic heterocycles. The zero-order valence-corrected chi connectivity index (χ0v) is 21.9. The quantitative estimate of drug-likeness (QED) is 0.287. The molecule has 0 fully saturated rings. The van der Waals surface area contributed by atoms with Crippen LogP contribution < -0.4 is 24.3 Å². The summed E-state index contributed by atoms with van der Waals surface area (Å²) >= 11 is 0. The molecule has 0 spiro atoms. The summed E-state index contributed by atoms with van der Waals surface area (Å²) in [5, 5.41) is 2.89. The fourth-order valence-corrected chi connectivity index (χ4v) is 5.16. The Labute approximate surface area is 221 Å². The molecule has 10 heteroatoms. The highest BCUT2D eigenvalue weighted by atomic mass is 32.2. The average molecular weight is 537 g/mol. The normalized spacial score (nSPS) is 12.7. The number of fused-ring (bicyclic) bond motifs is 1. The van der Waals surface area contributed by atoms with Crippen LogP contribution in [0.1, 0.15) is 18.9 Å². The van der Waals surface area contributed by atoms with Gasteiger partial charge in [-0.15, -0.1) is 0 Å². The predicted octanol–water partition coefficient (Wildman–Crippen LogP) is 5.36. The van der Waals surface area contributed by atoms with E-state index in [1.807, 2.05) is 31.2 Å². The molecule has 0 amide bonds. The molecule has 0 unspecified atom stereocenters. The van der Waals surface area contributed by atoms with Crippen molar-refractivity contribution in [3.05, 3.63) is 72.3 Å². The Bertz CT molecular complexity index is 1500. The molecule has 1 N–H and O–H groups in total. The highest BCUT2D eigenvalue weighted by molar-refractivity contribution is 7.91. The summed E-state index contributed by atoms with van der Waals surface area (Å²) in [5.74, 6) is 2.52. The Hall–Kier alpha value is -4.18. The number of hydrogen-bond donors (Lipinski definition) is 1. The standard InChI is InChI=1S/C28H28N2O7S/c1-3-14-34-22-10-6-20(7-11-22)26-30-28(27(37-26)29-18-19-4-8-21(33-2)9-5-19)38(31,32)23-12-13-24-25(17-23)36-16-15-35-24/h4-13,17,29H,3,14-16,18H2,1-2H3. The number of sulfone groups is 1. The second-order valence-electron chi connectivity index (χ2n) is 8.54. The third-order valence-electron chi connectivity index (χ3n) is 5.86. The van der Waals surface area contributed by atoms with Gasteiger partial charge in [-0.1, -0.05) is 19.1 Å². The minimum Gasteiger partial charge on any atom is -0.497 e. The Morgan fingerprint density at radius 3 is 2.34 bits per heavy atom. The van der Waals surface area contributed by atoms with Crippen LogP contribution >= 0.6 is 0 Å². The van der Waals surface area contributed by atoms with E-state index in [1.165, 1.54) is 12.1 Å². The fraction of sp³-hybridized carbons (Fsp3) is 0.250. The zero-order valence-electron chi connectivity index (χ0n) is 21.1. The van der Waals surface area contributed by atoms with Crippen molar-refractivity contribution in [3.8, 4) is 34.5 Å². The van der Waals surface area contributed by atoms with Gasteiger partial charge in [0.25, 0.3) is 0 Å². The summed E-state index contributed by atoms with van der Waals surface area (Å²) in [4.78, 5) is 4.45. The Kier molecular flexibility index (Phi) is 7.41. The van der Waals surface area contributed by atoms with Gasteiger partial charge in [-0.2, -0.15) is 4.98 Å². The number of aromatic nitrogens is 1. The van der Waals surface area contributed by atoms with Crippen molar-refractivity contribution in [2.24, 2.45) is 0 Å². The summed E-state index contributed by atoms with van der Waals surface area (Å²) in [6.45, 7) is 3.71. The van der Waals surface area contributed by atoms with Gasteiger partial charge >= 0.3 is 0 Å². The van der Waals surface area contributed by atoms with Crippen LogP contribution in [-0.2, 0) is 16.4 Å². The van der Waals surface area contributed by atoms with Crippen LogP contribution in [0.2, 0.25) is 0 Å². The molecular formula is C28H28N2O7S. The lowest BCUT2D eigenvalue weighted by Crippen LogP contribution is -2.16. The molecule has 0 saturated carbocycles. The number of rotatable bonds is 10. The molecule has 2 heterocycles. The van der Waals surface area contributed by atoms with Crippen LogP contribution in [0.15, 0.2) is 81.1 Å². The van der Waals surface area contributed by atoms with Crippen LogP contribution in [0.5, 0.6) is 23.0 Å². The van der Waals surface area contributed by atoms with Crippen LogP contribution in [0.4, 0.5) is 5.88 Å². The van der Waals surface area contributed by atoms with E-state index in [1.54, 1.807) is 37.4 Å². The van der Waals surface area contributed by atoms with E-state index in [-0.39, 0.29) is 21.7 Å². The highest BCUT2D eigenvalue weighted by Crippen LogP contribution is 2.37. The molecule has 0 atom stereocenters. The molecule has 1 aromatic heterocycles. The van der Waals surface area contributed by atoms with Gasteiger partial charge in [-0.3, -0.25) is 0 Å². The van der Waals surface area contributed by atoms with E-state index in [0.29, 0.717) is 49.2 Å². The molecular weight excluding hydrogens is 508 g/mol. The van der Waals surface area contributed by atoms with Gasteiger partial charge in [0.15, 0.2) is 11.5 Å². The minimum absolute atomic E-state index is 0.0254. The van der Waals surface area contributed by atoms with E-state index < -0.39 is 9.84 Å². The van der Waals surface area contributed by atoms with Crippen LogP contribution in [0.3, 0.4) is 0 Å². The molecule has 5 rings (SSSR count). The van der Waals surface area contributed by atoms with Crippen molar-refractivity contribution in [1.82, 2.24) is 4.98 Å². The monoisotopic (exact) mass is 536 g/mol. The van der Waals surface area contributed by atoms with Crippen molar-refractivity contribution < 1.29 is 31.8 Å². The smallest absolute Gasteiger partial charge is 0.234 e. The molecule has 0 bridgehead atoms. The topological polar surface area (TPSA) is 109 Å². The third kappa shape index (κ3) is 5.40. The maximum absolute atomic E-state index is 13.8. The van der Waals surface area contributed by atoms with Crippen LogP contribution in [0, 0.1) is 0 Å². The molecule has 3 aromatic carbocycles. The summed E-state index contributed by atoms with van der Waals surface area (Å²) in [5.41, 5.74) is 1.52. The van der Waals surface area contributed by atoms with Crippen LogP contribution in [-0.4, -0.2) is 40.3 Å². The lowest BCUT2D eigenvalue weighted by molar-refractivity contribution is 0.171. The number of methoxy groups -OCH3 is 1. The molecule has 198 valence electrons. The number of ether oxygens (including phenoxy) is 4. The summed E-state index contributed by atoms with van der Waals surface area (Å²) in [6.07, 6.45) is 0.895. The average Bonchev–Trinajstić information content (AvgIpc) is 3.40. The van der Waals surface area contributed by atoms with Gasteiger partial charge in [0.2, 0.25) is 26.6 Å². The van der Waals surface area contributed by atoms with E-state index in [4.69, 9.17) is 23.4 Å². The second kappa shape index (κ2) is 11.1.